The molecule has 6 heteroatoms. The van der Waals surface area contributed by atoms with Crippen molar-refractivity contribution in [1.82, 2.24) is 10.3 Å². The zero-order chi connectivity index (χ0) is 15.4. The van der Waals surface area contributed by atoms with Crippen molar-refractivity contribution in [2.45, 2.75) is 19.1 Å². The molecule has 21 heavy (non-hydrogen) atoms. The fourth-order valence-electron chi connectivity index (χ4n) is 1.84. The van der Waals surface area contributed by atoms with Gasteiger partial charge in [0.25, 0.3) is 5.91 Å². The molecule has 0 aliphatic carbocycles. The van der Waals surface area contributed by atoms with Crippen molar-refractivity contribution in [1.29, 1.82) is 0 Å². The van der Waals surface area contributed by atoms with Crippen molar-refractivity contribution in [3.8, 4) is 0 Å². The van der Waals surface area contributed by atoms with Crippen molar-refractivity contribution in [2.24, 2.45) is 0 Å². The number of nitrogens with one attached hydrogen (secondary N) is 1. The van der Waals surface area contributed by atoms with Crippen LogP contribution in [0.25, 0.3) is 0 Å². The average Bonchev–Trinajstić information content (AvgIpc) is 2.50. The Labute approximate surface area is 120 Å². The lowest BCUT2D eigenvalue weighted by Crippen LogP contribution is -2.37. The highest BCUT2D eigenvalue weighted by Gasteiger charge is 2.20. The van der Waals surface area contributed by atoms with E-state index in [0.717, 1.165) is 12.1 Å². The Morgan fingerprint density at radius 3 is 2.62 bits per heavy atom. The van der Waals surface area contributed by atoms with Crippen LogP contribution in [0.1, 0.15) is 29.1 Å². The molecule has 0 saturated carbocycles. The quantitative estimate of drug-likeness (QED) is 0.908. The van der Waals surface area contributed by atoms with Crippen molar-refractivity contribution in [2.75, 3.05) is 0 Å². The van der Waals surface area contributed by atoms with Crippen molar-refractivity contribution < 1.29 is 18.7 Å². The molecule has 2 rings (SSSR count). The van der Waals surface area contributed by atoms with Gasteiger partial charge in [0.1, 0.15) is 5.69 Å². The number of hydrogen-bond donors (Lipinski definition) is 2. The number of pyridine rings is 1. The number of aliphatic hydroxyl groups is 1. The summed E-state index contributed by atoms with van der Waals surface area (Å²) in [5.41, 5.74) is 0.393. The zero-order valence-electron chi connectivity index (χ0n) is 11.3. The van der Waals surface area contributed by atoms with E-state index < -0.39 is 29.7 Å². The lowest BCUT2D eigenvalue weighted by molar-refractivity contribution is 0.0846. The van der Waals surface area contributed by atoms with Crippen molar-refractivity contribution >= 4 is 5.91 Å². The number of halogens is 2. The van der Waals surface area contributed by atoms with E-state index in [2.05, 4.69) is 10.3 Å². The van der Waals surface area contributed by atoms with Gasteiger partial charge in [-0.15, -0.1) is 0 Å². The molecule has 2 atom stereocenters. The summed E-state index contributed by atoms with van der Waals surface area (Å²) in [5.74, 6) is -2.49. The van der Waals surface area contributed by atoms with E-state index >= 15 is 0 Å². The summed E-state index contributed by atoms with van der Waals surface area (Å²) in [7, 11) is 0. The van der Waals surface area contributed by atoms with Gasteiger partial charge >= 0.3 is 0 Å². The molecule has 1 aromatic heterocycles. The average molecular weight is 292 g/mol. The summed E-state index contributed by atoms with van der Waals surface area (Å²) >= 11 is 0. The second-order valence-electron chi connectivity index (χ2n) is 4.60. The van der Waals surface area contributed by atoms with Gasteiger partial charge in [0.2, 0.25) is 0 Å². The number of amides is 1. The highest BCUT2D eigenvalue weighted by molar-refractivity contribution is 5.92. The maximum Gasteiger partial charge on any atom is 0.270 e. The monoisotopic (exact) mass is 292 g/mol. The van der Waals surface area contributed by atoms with Crippen LogP contribution in [-0.4, -0.2) is 22.0 Å². The molecule has 110 valence electrons. The number of rotatable bonds is 4. The van der Waals surface area contributed by atoms with E-state index in [4.69, 9.17) is 0 Å². The predicted molar refractivity (Wildman–Crippen MR) is 72.5 cm³/mol. The minimum atomic E-state index is -1.16. The van der Waals surface area contributed by atoms with Crippen LogP contribution in [0.5, 0.6) is 0 Å². The SMILES string of the molecule is C[C@@H](NC(=O)c1ccccn1)[C@@H](O)c1ccc(F)c(F)c1. The molecule has 0 saturated heterocycles. The third-order valence-corrected chi connectivity index (χ3v) is 3.02. The number of hydrogen-bond acceptors (Lipinski definition) is 3. The first-order chi connectivity index (χ1) is 9.99. The van der Waals surface area contributed by atoms with Gasteiger partial charge in [-0.2, -0.15) is 0 Å². The number of nitrogens with zero attached hydrogens (tertiary/aromatic N) is 1. The highest BCUT2D eigenvalue weighted by Crippen LogP contribution is 2.19. The minimum absolute atomic E-state index is 0.183. The van der Waals surface area contributed by atoms with Gasteiger partial charge in [-0.25, -0.2) is 8.78 Å². The minimum Gasteiger partial charge on any atom is -0.386 e. The second kappa shape index (κ2) is 6.41. The van der Waals surface area contributed by atoms with Gasteiger partial charge in [-0.3, -0.25) is 9.78 Å². The van der Waals surface area contributed by atoms with Crippen LogP contribution in [0.15, 0.2) is 42.6 Å². The summed E-state index contributed by atoms with van der Waals surface area (Å²) in [5, 5.41) is 12.6. The maximum atomic E-state index is 13.1. The molecule has 0 aliphatic rings. The van der Waals surface area contributed by atoms with Gasteiger partial charge < -0.3 is 10.4 Å². The summed E-state index contributed by atoms with van der Waals surface area (Å²) in [6.07, 6.45) is 0.318. The molecule has 1 amide bonds. The lowest BCUT2D eigenvalue weighted by Gasteiger charge is -2.20. The molecule has 0 unspecified atom stereocenters. The standard InChI is InChI=1S/C15H14F2N2O2/c1-9(19-15(21)13-4-2-3-7-18-13)14(20)10-5-6-11(16)12(17)8-10/h2-9,14,20H,1H3,(H,19,21)/t9-,14-/m1/s1. The Morgan fingerprint density at radius 2 is 2.00 bits per heavy atom. The zero-order valence-corrected chi connectivity index (χ0v) is 11.3. The van der Waals surface area contributed by atoms with Gasteiger partial charge in [0.15, 0.2) is 11.6 Å². The Hall–Kier alpha value is -2.34. The Bertz CT molecular complexity index is 635. The predicted octanol–water partition coefficient (Wildman–Crippen LogP) is 2.21. The van der Waals surface area contributed by atoms with Gasteiger partial charge in [0.05, 0.1) is 12.1 Å². The van der Waals surface area contributed by atoms with Gasteiger partial charge in [-0.05, 0) is 36.8 Å². The highest BCUT2D eigenvalue weighted by atomic mass is 19.2. The summed E-state index contributed by atoms with van der Waals surface area (Å²) < 4.78 is 26.0. The molecule has 0 spiro atoms. The summed E-state index contributed by atoms with van der Waals surface area (Å²) in [6.45, 7) is 1.56. The third kappa shape index (κ3) is 3.61. The fourth-order valence-corrected chi connectivity index (χ4v) is 1.84. The second-order valence-corrected chi connectivity index (χ2v) is 4.60. The number of carbonyl (C=O) groups is 1. The Balaban J connectivity index is 2.07. The molecule has 2 aromatic rings. The molecule has 1 heterocycles. The fraction of sp³-hybridized carbons (Fsp3) is 0.200. The molecule has 0 bridgehead atoms. The van der Waals surface area contributed by atoms with Crippen LogP contribution in [0.4, 0.5) is 8.78 Å². The third-order valence-electron chi connectivity index (χ3n) is 3.02. The van der Waals surface area contributed by atoms with Crippen LogP contribution in [0, 0.1) is 11.6 Å². The first kappa shape index (κ1) is 15.1. The van der Waals surface area contributed by atoms with Crippen LogP contribution in [0.2, 0.25) is 0 Å². The van der Waals surface area contributed by atoms with Crippen molar-refractivity contribution in [3.63, 3.8) is 0 Å². The first-order valence-corrected chi connectivity index (χ1v) is 6.34. The van der Waals surface area contributed by atoms with E-state index in [1.54, 1.807) is 19.1 Å². The van der Waals surface area contributed by atoms with Gasteiger partial charge in [0, 0.05) is 6.20 Å². The van der Waals surface area contributed by atoms with Crippen LogP contribution in [-0.2, 0) is 0 Å². The van der Waals surface area contributed by atoms with Crippen LogP contribution >= 0.6 is 0 Å². The lowest BCUT2D eigenvalue weighted by atomic mass is 10.0. The molecule has 0 aliphatic heterocycles. The van der Waals surface area contributed by atoms with E-state index in [1.807, 2.05) is 0 Å². The molecule has 4 nitrogen and oxygen atoms in total. The molecule has 2 N–H and O–H groups in total. The van der Waals surface area contributed by atoms with E-state index in [-0.39, 0.29) is 11.3 Å². The topological polar surface area (TPSA) is 62.2 Å². The molecule has 1 aromatic carbocycles. The number of aromatic nitrogens is 1. The van der Waals surface area contributed by atoms with E-state index in [1.165, 1.54) is 18.3 Å². The van der Waals surface area contributed by atoms with E-state index in [9.17, 15) is 18.7 Å². The van der Waals surface area contributed by atoms with Crippen molar-refractivity contribution in [3.05, 3.63) is 65.5 Å². The first-order valence-electron chi connectivity index (χ1n) is 6.34. The number of carbonyl (C=O) groups excluding carboxylic acids is 1. The normalized spacial score (nSPS) is 13.5. The van der Waals surface area contributed by atoms with E-state index in [0.29, 0.717) is 0 Å². The summed E-state index contributed by atoms with van der Waals surface area (Å²) in [4.78, 5) is 15.8. The molecule has 0 fully saturated rings. The van der Waals surface area contributed by atoms with Crippen LogP contribution in [0.3, 0.4) is 0 Å². The number of aliphatic hydroxyl groups excluding tert-OH is 1. The summed E-state index contributed by atoms with van der Waals surface area (Å²) in [6, 6.07) is 7.29. The van der Waals surface area contributed by atoms with Crippen LogP contribution < -0.4 is 5.32 Å². The number of benzene rings is 1. The maximum absolute atomic E-state index is 13.1. The molecular formula is C15H14F2N2O2. The smallest absolute Gasteiger partial charge is 0.270 e. The largest absolute Gasteiger partial charge is 0.386 e. The van der Waals surface area contributed by atoms with Gasteiger partial charge in [-0.1, -0.05) is 12.1 Å². The molecule has 0 radical (unpaired) electrons. The Kier molecular flexibility index (Phi) is 4.59. The molecular weight excluding hydrogens is 278 g/mol. The Morgan fingerprint density at radius 1 is 1.24 bits per heavy atom.